The normalized spacial score (nSPS) is 13.8. The second-order valence-electron chi connectivity index (χ2n) is 5.69. The number of rotatable bonds is 7. The fraction of sp³-hybridized carbons (Fsp3) is 0.312. The minimum Gasteiger partial charge on any atom is -0.479 e. The van der Waals surface area contributed by atoms with Crippen molar-refractivity contribution in [3.63, 3.8) is 0 Å². The van der Waals surface area contributed by atoms with E-state index >= 15 is 0 Å². The van der Waals surface area contributed by atoms with Gasteiger partial charge in [0, 0.05) is 0 Å². The van der Waals surface area contributed by atoms with Gasteiger partial charge in [0.05, 0.1) is 6.04 Å². The van der Waals surface area contributed by atoms with E-state index < -0.39 is 34.0 Å². The smallest absolute Gasteiger partial charge is 0.330 e. The highest BCUT2D eigenvalue weighted by molar-refractivity contribution is 7.89. The first-order valence-electron chi connectivity index (χ1n) is 7.67. The first-order valence-corrected chi connectivity index (χ1v) is 9.15. The summed E-state index contributed by atoms with van der Waals surface area (Å²) >= 11 is 0. The molecule has 0 aliphatic carbocycles. The number of benzene rings is 1. The van der Waals surface area contributed by atoms with E-state index in [1.807, 2.05) is 0 Å². The van der Waals surface area contributed by atoms with Crippen LogP contribution >= 0.6 is 0 Å². The third-order valence-electron chi connectivity index (χ3n) is 3.63. The zero-order chi connectivity index (χ0) is 19.5. The van der Waals surface area contributed by atoms with E-state index in [0.717, 1.165) is 0 Å². The van der Waals surface area contributed by atoms with Crippen LogP contribution in [0.5, 0.6) is 0 Å². The minimum absolute atomic E-state index is 0.0929. The molecule has 1 heterocycles. The molecule has 0 spiro atoms. The number of amides is 1. The van der Waals surface area contributed by atoms with Gasteiger partial charge in [-0.3, -0.25) is 4.79 Å². The maximum atomic E-state index is 12.4. The molecule has 0 fully saturated rings. The minimum atomic E-state index is -4.06. The number of aryl methyl sites for hydroxylation is 2. The molecule has 2 rings (SSSR count). The number of aliphatic carboxylic acids is 1. The van der Waals surface area contributed by atoms with Crippen LogP contribution in [0.2, 0.25) is 0 Å². The van der Waals surface area contributed by atoms with E-state index in [4.69, 9.17) is 4.52 Å². The van der Waals surface area contributed by atoms with E-state index in [2.05, 4.69) is 15.2 Å². The number of carbonyl (C=O) groups is 2. The Morgan fingerprint density at radius 3 is 2.31 bits per heavy atom. The van der Waals surface area contributed by atoms with Crippen molar-refractivity contribution in [2.75, 3.05) is 0 Å². The summed E-state index contributed by atoms with van der Waals surface area (Å²) in [5.41, 5.74) is 0.532. The van der Waals surface area contributed by atoms with Gasteiger partial charge in [-0.25, -0.2) is 13.2 Å². The Balaban J connectivity index is 2.15. The maximum absolute atomic E-state index is 12.4. The largest absolute Gasteiger partial charge is 0.479 e. The highest BCUT2D eigenvalue weighted by Crippen LogP contribution is 2.19. The molecular formula is C16H19N3O6S. The average molecular weight is 381 g/mol. The Bertz CT molecular complexity index is 888. The van der Waals surface area contributed by atoms with Crippen molar-refractivity contribution in [2.24, 2.45) is 0 Å². The highest BCUT2D eigenvalue weighted by atomic mass is 32.2. The SMILES string of the molecule is Cc1noc(C)c1S(=O)(=O)NC(C)C(=O)N[C@H](C(=O)O)c1ccccc1. The van der Waals surface area contributed by atoms with Crippen LogP contribution in [-0.2, 0) is 19.6 Å². The molecule has 10 heteroatoms. The maximum Gasteiger partial charge on any atom is 0.330 e. The van der Waals surface area contributed by atoms with Crippen LogP contribution in [0.25, 0.3) is 0 Å². The quantitative estimate of drug-likeness (QED) is 0.647. The van der Waals surface area contributed by atoms with Crippen molar-refractivity contribution in [1.82, 2.24) is 15.2 Å². The van der Waals surface area contributed by atoms with Gasteiger partial charge in [-0.15, -0.1) is 0 Å². The summed E-state index contributed by atoms with van der Waals surface area (Å²) in [5.74, 6) is -1.95. The molecule has 1 amide bonds. The zero-order valence-electron chi connectivity index (χ0n) is 14.4. The van der Waals surface area contributed by atoms with Gasteiger partial charge in [0.1, 0.15) is 10.6 Å². The first kappa shape index (κ1) is 19.6. The molecule has 1 unspecified atom stereocenters. The second kappa shape index (κ2) is 7.67. The average Bonchev–Trinajstić information content (AvgIpc) is 2.91. The van der Waals surface area contributed by atoms with Gasteiger partial charge in [0.15, 0.2) is 11.8 Å². The Morgan fingerprint density at radius 2 is 1.81 bits per heavy atom. The third kappa shape index (κ3) is 4.27. The Hall–Kier alpha value is -2.72. The molecule has 0 aliphatic heterocycles. The van der Waals surface area contributed by atoms with Gasteiger partial charge in [-0.1, -0.05) is 35.5 Å². The Kier molecular flexibility index (Phi) is 5.78. The highest BCUT2D eigenvalue weighted by Gasteiger charge is 2.30. The van der Waals surface area contributed by atoms with Crippen molar-refractivity contribution < 1.29 is 27.6 Å². The molecule has 9 nitrogen and oxygen atoms in total. The van der Waals surface area contributed by atoms with Gasteiger partial charge in [-0.05, 0) is 26.3 Å². The van der Waals surface area contributed by atoms with Gasteiger partial charge in [0.2, 0.25) is 15.9 Å². The van der Waals surface area contributed by atoms with E-state index in [-0.39, 0.29) is 16.3 Å². The van der Waals surface area contributed by atoms with Gasteiger partial charge >= 0.3 is 5.97 Å². The number of sulfonamides is 1. The summed E-state index contributed by atoms with van der Waals surface area (Å²) in [7, 11) is -4.06. The van der Waals surface area contributed by atoms with Crippen molar-refractivity contribution in [3.8, 4) is 0 Å². The second-order valence-corrected chi connectivity index (χ2v) is 7.34. The fourth-order valence-corrected chi connectivity index (χ4v) is 3.94. The van der Waals surface area contributed by atoms with Crippen LogP contribution in [0.3, 0.4) is 0 Å². The molecule has 2 atom stereocenters. The molecule has 0 saturated heterocycles. The molecule has 140 valence electrons. The zero-order valence-corrected chi connectivity index (χ0v) is 15.2. The lowest BCUT2D eigenvalue weighted by molar-refractivity contribution is -0.142. The van der Waals surface area contributed by atoms with Crippen LogP contribution in [0.15, 0.2) is 39.8 Å². The van der Waals surface area contributed by atoms with E-state index in [1.165, 1.54) is 20.8 Å². The standard InChI is InChI=1S/C16H19N3O6S/c1-9-14(11(3)25-18-9)26(23,24)19-10(2)15(20)17-13(16(21)22)12-7-5-4-6-8-12/h4-8,10,13,19H,1-3H3,(H,17,20)(H,21,22)/t10?,13-/m0/s1. The van der Waals surface area contributed by atoms with Crippen molar-refractivity contribution in [1.29, 1.82) is 0 Å². The Labute approximate surface area is 150 Å². The van der Waals surface area contributed by atoms with Crippen LogP contribution in [0.1, 0.15) is 30.0 Å². The summed E-state index contributed by atoms with van der Waals surface area (Å²) in [5, 5.41) is 15.2. The summed E-state index contributed by atoms with van der Waals surface area (Å²) < 4.78 is 31.9. The number of hydrogen-bond acceptors (Lipinski definition) is 6. The summed E-state index contributed by atoms with van der Waals surface area (Å²) in [4.78, 5) is 23.6. The van der Waals surface area contributed by atoms with Gasteiger partial charge in [0.25, 0.3) is 0 Å². The van der Waals surface area contributed by atoms with Crippen molar-refractivity contribution >= 4 is 21.9 Å². The number of nitrogens with one attached hydrogen (secondary N) is 2. The number of carboxylic acids is 1. The van der Waals surface area contributed by atoms with E-state index in [0.29, 0.717) is 5.56 Å². The van der Waals surface area contributed by atoms with Gasteiger partial charge < -0.3 is 14.9 Å². The molecule has 3 N–H and O–H groups in total. The molecule has 0 saturated carbocycles. The van der Waals surface area contributed by atoms with E-state index in [9.17, 15) is 23.1 Å². The number of hydrogen-bond donors (Lipinski definition) is 3. The summed E-state index contributed by atoms with van der Waals surface area (Å²) in [6.45, 7) is 4.22. The lowest BCUT2D eigenvalue weighted by Gasteiger charge is -2.19. The molecule has 2 aromatic rings. The summed E-state index contributed by atoms with van der Waals surface area (Å²) in [6, 6.07) is 5.59. The molecule has 1 aromatic carbocycles. The van der Waals surface area contributed by atoms with Crippen LogP contribution in [-0.4, -0.2) is 36.6 Å². The topological polar surface area (TPSA) is 139 Å². The Morgan fingerprint density at radius 1 is 1.19 bits per heavy atom. The van der Waals surface area contributed by atoms with Crippen LogP contribution in [0.4, 0.5) is 0 Å². The molecule has 1 aromatic heterocycles. The fourth-order valence-electron chi connectivity index (χ4n) is 2.40. The molecule has 0 aliphatic rings. The van der Waals surface area contributed by atoms with Crippen LogP contribution in [0, 0.1) is 13.8 Å². The predicted octanol–water partition coefficient (Wildman–Crippen LogP) is 0.900. The molecule has 0 radical (unpaired) electrons. The van der Waals surface area contributed by atoms with Gasteiger partial charge in [-0.2, -0.15) is 4.72 Å². The lowest BCUT2D eigenvalue weighted by atomic mass is 10.1. The van der Waals surface area contributed by atoms with E-state index in [1.54, 1.807) is 30.3 Å². The lowest BCUT2D eigenvalue weighted by Crippen LogP contribution is -2.47. The third-order valence-corrected chi connectivity index (χ3v) is 5.41. The number of aromatic nitrogens is 1. The predicted molar refractivity (Wildman–Crippen MR) is 90.7 cm³/mol. The number of carbonyl (C=O) groups excluding carboxylic acids is 1. The molecular weight excluding hydrogens is 362 g/mol. The molecule has 26 heavy (non-hydrogen) atoms. The summed E-state index contributed by atoms with van der Waals surface area (Å²) in [6.07, 6.45) is 0. The van der Waals surface area contributed by atoms with Crippen molar-refractivity contribution in [3.05, 3.63) is 47.3 Å². The number of nitrogens with zero attached hydrogens (tertiary/aromatic N) is 1. The van der Waals surface area contributed by atoms with Crippen molar-refractivity contribution in [2.45, 2.75) is 37.8 Å². The van der Waals surface area contributed by atoms with Crippen LogP contribution < -0.4 is 10.0 Å². The first-order chi connectivity index (χ1) is 12.1. The number of carboxylic acid groups (broad SMARTS) is 1. The molecule has 0 bridgehead atoms. The monoisotopic (exact) mass is 381 g/mol.